The lowest BCUT2D eigenvalue weighted by Gasteiger charge is -2.19. The van der Waals surface area contributed by atoms with Crippen LogP contribution >= 0.6 is 0 Å². The van der Waals surface area contributed by atoms with Crippen molar-refractivity contribution in [3.63, 3.8) is 0 Å². The summed E-state index contributed by atoms with van der Waals surface area (Å²) in [6.45, 7) is 3.61. The van der Waals surface area contributed by atoms with Gasteiger partial charge in [0.05, 0.1) is 18.5 Å². The minimum absolute atomic E-state index is 0.188. The van der Waals surface area contributed by atoms with Crippen LogP contribution in [-0.2, 0) is 14.9 Å². The fourth-order valence-electron chi connectivity index (χ4n) is 1.98. The number of hydrogen-bond acceptors (Lipinski definition) is 5. The molecule has 0 aromatic carbocycles. The highest BCUT2D eigenvalue weighted by Gasteiger charge is 2.11. The molecule has 0 saturated heterocycles. The van der Waals surface area contributed by atoms with E-state index in [1.54, 1.807) is 11.9 Å². The van der Waals surface area contributed by atoms with E-state index in [9.17, 15) is 13.5 Å². The summed E-state index contributed by atoms with van der Waals surface area (Å²) in [7, 11) is -2.25. The summed E-state index contributed by atoms with van der Waals surface area (Å²) in [6, 6.07) is 0. The van der Waals surface area contributed by atoms with E-state index in [-0.39, 0.29) is 18.9 Å². The highest BCUT2D eigenvalue weighted by Crippen LogP contribution is 2.05. The van der Waals surface area contributed by atoms with Crippen molar-refractivity contribution >= 4 is 10.1 Å². The standard InChI is InChI=1S/C14H31NO5S/c1-3-4-5-6-7-8-10-20-13-14(16)12-15(2)9-11-21(17,18)19/h14,16H,3-13H2,1-2H3,(H,17,18,19). The number of unbranched alkanes of at least 4 members (excludes halogenated alkanes) is 5. The Morgan fingerprint density at radius 2 is 1.76 bits per heavy atom. The van der Waals surface area contributed by atoms with Crippen LogP contribution in [0, 0.1) is 0 Å². The number of aliphatic hydroxyl groups excluding tert-OH is 1. The van der Waals surface area contributed by atoms with Crippen LogP contribution in [0.2, 0.25) is 0 Å². The highest BCUT2D eigenvalue weighted by atomic mass is 32.2. The molecule has 7 heteroatoms. The Morgan fingerprint density at radius 1 is 1.14 bits per heavy atom. The molecule has 0 radical (unpaired) electrons. The first-order valence-corrected chi connectivity index (χ1v) is 9.35. The van der Waals surface area contributed by atoms with Crippen LogP contribution in [-0.4, -0.2) is 68.2 Å². The van der Waals surface area contributed by atoms with E-state index in [0.717, 1.165) is 12.8 Å². The minimum atomic E-state index is -3.94. The van der Waals surface area contributed by atoms with E-state index < -0.39 is 16.2 Å². The van der Waals surface area contributed by atoms with Crippen molar-refractivity contribution < 1.29 is 22.8 Å². The minimum Gasteiger partial charge on any atom is -0.389 e. The van der Waals surface area contributed by atoms with Crippen LogP contribution in [0.3, 0.4) is 0 Å². The van der Waals surface area contributed by atoms with Gasteiger partial charge >= 0.3 is 0 Å². The van der Waals surface area contributed by atoms with Crippen LogP contribution in [0.5, 0.6) is 0 Å². The van der Waals surface area contributed by atoms with Crippen molar-refractivity contribution in [3.8, 4) is 0 Å². The number of rotatable bonds is 14. The molecule has 0 amide bonds. The molecule has 0 heterocycles. The molecule has 0 bridgehead atoms. The maximum atomic E-state index is 10.6. The average molecular weight is 325 g/mol. The first kappa shape index (κ1) is 20.8. The molecule has 128 valence electrons. The Kier molecular flexibility index (Phi) is 12.2. The molecule has 1 atom stereocenters. The van der Waals surface area contributed by atoms with Gasteiger partial charge in [-0.3, -0.25) is 4.55 Å². The van der Waals surface area contributed by atoms with E-state index in [1.807, 2.05) is 0 Å². The Bertz CT molecular complexity index is 334. The Balaban J connectivity index is 3.47. The predicted molar refractivity (Wildman–Crippen MR) is 84.1 cm³/mol. The van der Waals surface area contributed by atoms with Crippen molar-refractivity contribution in [3.05, 3.63) is 0 Å². The maximum Gasteiger partial charge on any atom is 0.266 e. The second-order valence-electron chi connectivity index (χ2n) is 5.54. The SMILES string of the molecule is CCCCCCCCOCC(O)CN(C)CCS(=O)(=O)O. The fourth-order valence-corrected chi connectivity index (χ4v) is 2.52. The Hall–Kier alpha value is -0.210. The van der Waals surface area contributed by atoms with Gasteiger partial charge in [0.15, 0.2) is 0 Å². The molecule has 0 aliphatic rings. The quantitative estimate of drug-likeness (QED) is 0.372. The molecule has 0 saturated carbocycles. The summed E-state index contributed by atoms with van der Waals surface area (Å²) in [5, 5.41) is 9.74. The first-order chi connectivity index (χ1) is 9.85. The highest BCUT2D eigenvalue weighted by molar-refractivity contribution is 7.85. The van der Waals surface area contributed by atoms with Crippen molar-refractivity contribution in [2.24, 2.45) is 0 Å². The molecule has 1 unspecified atom stereocenters. The molecule has 0 aromatic heterocycles. The third kappa shape index (κ3) is 16.0. The summed E-state index contributed by atoms with van der Waals surface area (Å²) in [6.07, 6.45) is 6.56. The van der Waals surface area contributed by atoms with Crippen LogP contribution in [0.4, 0.5) is 0 Å². The second-order valence-corrected chi connectivity index (χ2v) is 7.12. The summed E-state index contributed by atoms with van der Waals surface area (Å²) in [4.78, 5) is 1.66. The van der Waals surface area contributed by atoms with Gasteiger partial charge in [0.25, 0.3) is 10.1 Å². The van der Waals surface area contributed by atoms with Gasteiger partial charge in [0, 0.05) is 19.7 Å². The third-order valence-electron chi connectivity index (χ3n) is 3.21. The summed E-state index contributed by atoms with van der Waals surface area (Å²) >= 11 is 0. The van der Waals surface area contributed by atoms with Gasteiger partial charge in [-0.15, -0.1) is 0 Å². The lowest BCUT2D eigenvalue weighted by molar-refractivity contribution is 0.0203. The van der Waals surface area contributed by atoms with E-state index in [4.69, 9.17) is 9.29 Å². The number of aliphatic hydroxyl groups is 1. The molecule has 0 aromatic rings. The van der Waals surface area contributed by atoms with Crippen molar-refractivity contribution in [1.82, 2.24) is 4.90 Å². The molecule has 0 aliphatic heterocycles. The van der Waals surface area contributed by atoms with E-state index in [1.165, 1.54) is 25.7 Å². The molecule has 6 nitrogen and oxygen atoms in total. The van der Waals surface area contributed by atoms with Gasteiger partial charge in [-0.1, -0.05) is 39.0 Å². The van der Waals surface area contributed by atoms with Crippen molar-refractivity contribution in [2.75, 3.05) is 39.1 Å². The number of hydrogen-bond donors (Lipinski definition) is 2. The second kappa shape index (κ2) is 12.3. The topological polar surface area (TPSA) is 87.1 Å². The molecule has 0 rings (SSSR count). The zero-order valence-corrected chi connectivity index (χ0v) is 14.1. The van der Waals surface area contributed by atoms with E-state index in [0.29, 0.717) is 13.2 Å². The van der Waals surface area contributed by atoms with Crippen LogP contribution in [0.25, 0.3) is 0 Å². The van der Waals surface area contributed by atoms with Gasteiger partial charge in [-0.25, -0.2) is 0 Å². The fraction of sp³-hybridized carbons (Fsp3) is 1.00. The Labute approximate surface area is 129 Å². The lowest BCUT2D eigenvalue weighted by atomic mass is 10.1. The normalized spacial score (nSPS) is 13.8. The number of ether oxygens (including phenoxy) is 1. The molecular formula is C14H31NO5S. The number of likely N-dealkylation sites (N-methyl/N-ethyl adjacent to an activating group) is 1. The van der Waals surface area contributed by atoms with Gasteiger partial charge in [0.1, 0.15) is 0 Å². The van der Waals surface area contributed by atoms with Gasteiger partial charge in [-0.2, -0.15) is 8.42 Å². The first-order valence-electron chi connectivity index (χ1n) is 7.74. The largest absolute Gasteiger partial charge is 0.389 e. The molecule has 0 fully saturated rings. The molecule has 0 spiro atoms. The molecular weight excluding hydrogens is 294 g/mol. The van der Waals surface area contributed by atoms with Crippen molar-refractivity contribution in [2.45, 2.75) is 51.6 Å². The molecule has 21 heavy (non-hydrogen) atoms. The maximum absolute atomic E-state index is 10.6. The monoisotopic (exact) mass is 325 g/mol. The smallest absolute Gasteiger partial charge is 0.266 e. The number of nitrogens with zero attached hydrogens (tertiary/aromatic N) is 1. The van der Waals surface area contributed by atoms with Crippen LogP contribution < -0.4 is 0 Å². The zero-order chi connectivity index (χ0) is 16.1. The lowest BCUT2D eigenvalue weighted by Crippen LogP contribution is -2.35. The summed E-state index contributed by atoms with van der Waals surface area (Å²) in [5.41, 5.74) is 0. The van der Waals surface area contributed by atoms with E-state index >= 15 is 0 Å². The van der Waals surface area contributed by atoms with E-state index in [2.05, 4.69) is 6.92 Å². The summed E-state index contributed by atoms with van der Waals surface area (Å²) < 4.78 is 35.2. The van der Waals surface area contributed by atoms with Crippen LogP contribution in [0.1, 0.15) is 45.4 Å². The molecule has 2 N–H and O–H groups in total. The van der Waals surface area contributed by atoms with Crippen LogP contribution in [0.15, 0.2) is 0 Å². The van der Waals surface area contributed by atoms with Gasteiger partial charge in [-0.05, 0) is 13.5 Å². The van der Waals surface area contributed by atoms with Gasteiger partial charge in [0.2, 0.25) is 0 Å². The summed E-state index contributed by atoms with van der Waals surface area (Å²) in [5.74, 6) is -0.325. The zero-order valence-electron chi connectivity index (χ0n) is 13.3. The third-order valence-corrected chi connectivity index (χ3v) is 3.90. The van der Waals surface area contributed by atoms with Gasteiger partial charge < -0.3 is 14.7 Å². The average Bonchev–Trinajstić information content (AvgIpc) is 2.39. The Morgan fingerprint density at radius 3 is 2.38 bits per heavy atom. The predicted octanol–water partition coefficient (Wildman–Crippen LogP) is 1.54. The molecule has 0 aliphatic carbocycles. The van der Waals surface area contributed by atoms with Crippen molar-refractivity contribution in [1.29, 1.82) is 0 Å².